The Bertz CT molecular complexity index is 190. The molecule has 0 saturated carbocycles. The van der Waals surface area contributed by atoms with Gasteiger partial charge in [0.15, 0.2) is 0 Å². The van der Waals surface area contributed by atoms with Crippen LogP contribution in [0.1, 0.15) is 20.3 Å². The third-order valence-corrected chi connectivity index (χ3v) is 6.87. The minimum Gasteiger partial charge on any atom is -0.398 e. The summed E-state index contributed by atoms with van der Waals surface area (Å²) < 4.78 is 11.3. The van der Waals surface area contributed by atoms with Gasteiger partial charge in [0, 0.05) is 33.9 Å². The van der Waals surface area contributed by atoms with Gasteiger partial charge in [0.05, 0.1) is 0 Å². The molecule has 0 spiro atoms. The Balaban J connectivity index is 4.08. The van der Waals surface area contributed by atoms with Crippen molar-refractivity contribution in [3.63, 3.8) is 0 Å². The van der Waals surface area contributed by atoms with Gasteiger partial charge in [-0.3, -0.25) is 0 Å². The van der Waals surface area contributed by atoms with Gasteiger partial charge in [-0.2, -0.15) is 5.06 Å². The molecule has 104 valence electrons. The first-order valence-corrected chi connectivity index (χ1v) is 8.47. The van der Waals surface area contributed by atoms with Gasteiger partial charge in [-0.15, -0.1) is 0 Å². The van der Waals surface area contributed by atoms with Crippen molar-refractivity contribution < 1.29 is 14.1 Å². The molecule has 0 fully saturated rings. The summed E-state index contributed by atoms with van der Waals surface area (Å²) in [4.78, 5) is 0. The van der Waals surface area contributed by atoms with Gasteiger partial charge in [0.1, 0.15) is 0 Å². The highest BCUT2D eigenvalue weighted by Gasteiger charge is 2.35. The van der Waals surface area contributed by atoms with Crippen LogP contribution >= 0.6 is 0 Å². The van der Waals surface area contributed by atoms with Gasteiger partial charge in [-0.05, 0) is 24.4 Å². The number of hydrogen-bond acceptors (Lipinski definition) is 5. The van der Waals surface area contributed by atoms with E-state index in [0.29, 0.717) is 25.6 Å². The predicted octanol–water partition coefficient (Wildman–Crippen LogP) is 1.42. The van der Waals surface area contributed by atoms with Crippen LogP contribution in [-0.2, 0) is 8.85 Å². The molecule has 0 aliphatic rings. The number of rotatable bonds is 10. The summed E-state index contributed by atoms with van der Waals surface area (Å²) in [6.07, 6.45) is 0.872. The van der Waals surface area contributed by atoms with Gasteiger partial charge in [0.2, 0.25) is 0 Å². The van der Waals surface area contributed by atoms with Crippen LogP contribution < -0.4 is 5.73 Å². The molecular formula is C11H28N2O3Si. The molecule has 0 aromatic carbocycles. The molecule has 0 amide bonds. The molecule has 0 heterocycles. The lowest BCUT2D eigenvalue weighted by atomic mass is 10.3. The first-order chi connectivity index (χ1) is 7.99. The Morgan fingerprint density at radius 3 is 2.24 bits per heavy atom. The maximum absolute atomic E-state index is 9.46. The topological polar surface area (TPSA) is 68.0 Å². The first-order valence-electron chi connectivity index (χ1n) is 6.24. The Morgan fingerprint density at radius 1 is 1.24 bits per heavy atom. The monoisotopic (exact) mass is 264 g/mol. The van der Waals surface area contributed by atoms with Crippen LogP contribution in [0.5, 0.6) is 0 Å². The van der Waals surface area contributed by atoms with E-state index in [1.54, 1.807) is 14.2 Å². The Hall–Kier alpha value is 0.0169. The second-order valence-corrected chi connectivity index (χ2v) is 8.31. The molecule has 5 nitrogen and oxygen atoms in total. The Morgan fingerprint density at radius 2 is 1.82 bits per heavy atom. The Labute approximate surface area is 106 Å². The van der Waals surface area contributed by atoms with Crippen molar-refractivity contribution in [2.24, 2.45) is 11.7 Å². The van der Waals surface area contributed by atoms with E-state index in [1.165, 1.54) is 5.06 Å². The minimum atomic E-state index is -2.07. The van der Waals surface area contributed by atoms with Crippen molar-refractivity contribution in [1.29, 1.82) is 0 Å². The molecule has 0 aliphatic heterocycles. The molecule has 0 saturated heterocycles. The van der Waals surface area contributed by atoms with Crippen molar-refractivity contribution >= 4 is 8.56 Å². The SMILES string of the molecule is CO[Si](CCCN(O)CCN)(CC(C)C)OC. The van der Waals surface area contributed by atoms with Crippen LogP contribution in [-0.4, -0.2) is 52.7 Å². The van der Waals surface area contributed by atoms with E-state index in [-0.39, 0.29) is 0 Å². The fourth-order valence-electron chi connectivity index (χ4n) is 1.97. The highest BCUT2D eigenvalue weighted by molar-refractivity contribution is 6.67. The fourth-order valence-corrected chi connectivity index (χ4v) is 5.02. The van der Waals surface area contributed by atoms with E-state index < -0.39 is 8.56 Å². The van der Waals surface area contributed by atoms with E-state index in [9.17, 15) is 5.21 Å². The maximum Gasteiger partial charge on any atom is 0.337 e. The second kappa shape index (κ2) is 9.01. The summed E-state index contributed by atoms with van der Waals surface area (Å²) in [5.74, 6) is 0.566. The number of hydroxylamine groups is 2. The average Bonchev–Trinajstić information content (AvgIpc) is 2.27. The van der Waals surface area contributed by atoms with Crippen LogP contribution in [0.3, 0.4) is 0 Å². The van der Waals surface area contributed by atoms with Gasteiger partial charge >= 0.3 is 8.56 Å². The lowest BCUT2D eigenvalue weighted by molar-refractivity contribution is -0.0877. The third-order valence-electron chi connectivity index (χ3n) is 2.82. The van der Waals surface area contributed by atoms with E-state index in [2.05, 4.69) is 13.8 Å². The van der Waals surface area contributed by atoms with Gasteiger partial charge in [0.25, 0.3) is 0 Å². The number of nitrogens with two attached hydrogens (primary N) is 1. The van der Waals surface area contributed by atoms with Crippen LogP contribution in [0.4, 0.5) is 0 Å². The highest BCUT2D eigenvalue weighted by Crippen LogP contribution is 2.24. The number of hydrogen-bond donors (Lipinski definition) is 2. The number of nitrogens with zero attached hydrogens (tertiary/aromatic N) is 1. The molecule has 0 rings (SSSR count). The van der Waals surface area contributed by atoms with Gasteiger partial charge in [-0.1, -0.05) is 13.8 Å². The second-order valence-electron chi connectivity index (χ2n) is 4.76. The van der Waals surface area contributed by atoms with Gasteiger partial charge in [-0.25, -0.2) is 0 Å². The molecule has 0 radical (unpaired) electrons. The average molecular weight is 264 g/mol. The summed E-state index contributed by atoms with van der Waals surface area (Å²) in [6.45, 7) is 5.95. The van der Waals surface area contributed by atoms with E-state index in [4.69, 9.17) is 14.6 Å². The summed E-state index contributed by atoms with van der Waals surface area (Å²) in [6, 6.07) is 1.89. The molecule has 3 N–H and O–H groups in total. The smallest absolute Gasteiger partial charge is 0.337 e. The van der Waals surface area contributed by atoms with Crippen LogP contribution in [0.2, 0.25) is 12.1 Å². The largest absolute Gasteiger partial charge is 0.398 e. The lowest BCUT2D eigenvalue weighted by Crippen LogP contribution is -2.42. The highest BCUT2D eigenvalue weighted by atomic mass is 28.4. The standard InChI is InChI=1S/C11H28N2O3Si/c1-11(2)10-17(15-3,16-4)9-5-7-13(14)8-6-12/h11,14H,5-10,12H2,1-4H3. The van der Waals surface area contributed by atoms with Crippen molar-refractivity contribution in [3.8, 4) is 0 Å². The maximum atomic E-state index is 9.46. The quantitative estimate of drug-likeness (QED) is 0.461. The van der Waals surface area contributed by atoms with E-state index in [1.807, 2.05) is 0 Å². The normalized spacial score (nSPS) is 12.7. The molecule has 0 bridgehead atoms. The lowest BCUT2D eigenvalue weighted by Gasteiger charge is -2.29. The predicted molar refractivity (Wildman–Crippen MR) is 71.3 cm³/mol. The third kappa shape index (κ3) is 7.12. The van der Waals surface area contributed by atoms with Crippen LogP contribution in [0.15, 0.2) is 0 Å². The van der Waals surface area contributed by atoms with Crippen LogP contribution in [0, 0.1) is 5.92 Å². The summed E-state index contributed by atoms with van der Waals surface area (Å²) in [5, 5.41) is 10.7. The van der Waals surface area contributed by atoms with E-state index in [0.717, 1.165) is 18.5 Å². The molecule has 0 aromatic heterocycles. The summed E-state index contributed by atoms with van der Waals surface area (Å²) in [7, 11) is 1.40. The zero-order valence-corrected chi connectivity index (χ0v) is 12.6. The molecule has 0 unspecified atom stereocenters. The first kappa shape index (κ1) is 17.0. The molecule has 17 heavy (non-hydrogen) atoms. The van der Waals surface area contributed by atoms with Crippen molar-refractivity contribution in [3.05, 3.63) is 0 Å². The van der Waals surface area contributed by atoms with Crippen molar-refractivity contribution in [2.45, 2.75) is 32.4 Å². The van der Waals surface area contributed by atoms with E-state index >= 15 is 0 Å². The fraction of sp³-hybridized carbons (Fsp3) is 1.00. The van der Waals surface area contributed by atoms with Gasteiger partial charge < -0.3 is 19.8 Å². The zero-order chi connectivity index (χ0) is 13.3. The molecule has 6 heteroatoms. The molecular weight excluding hydrogens is 236 g/mol. The zero-order valence-electron chi connectivity index (χ0n) is 11.6. The molecule has 0 aliphatic carbocycles. The molecule has 0 atom stereocenters. The Kier molecular flexibility index (Phi) is 9.02. The molecule has 0 aromatic rings. The summed E-state index contributed by atoms with van der Waals surface area (Å²) in [5.41, 5.74) is 5.36. The van der Waals surface area contributed by atoms with Crippen molar-refractivity contribution in [2.75, 3.05) is 33.9 Å². The summed E-state index contributed by atoms with van der Waals surface area (Å²) >= 11 is 0. The van der Waals surface area contributed by atoms with Crippen LogP contribution in [0.25, 0.3) is 0 Å². The van der Waals surface area contributed by atoms with Crippen molar-refractivity contribution in [1.82, 2.24) is 5.06 Å². The minimum absolute atomic E-state index is 0.472.